The largest absolute Gasteiger partial charge is 0.327 e. The van der Waals surface area contributed by atoms with Crippen molar-refractivity contribution in [3.63, 3.8) is 0 Å². The van der Waals surface area contributed by atoms with Crippen molar-refractivity contribution in [3.05, 3.63) is 62.0 Å². The minimum atomic E-state index is -0.561. The van der Waals surface area contributed by atoms with Crippen LogP contribution >= 0.6 is 11.6 Å². The van der Waals surface area contributed by atoms with Crippen molar-refractivity contribution in [2.45, 2.75) is 6.54 Å². The fourth-order valence-corrected chi connectivity index (χ4v) is 2.05. The molecule has 0 atom stereocenters. The molecule has 2 N–H and O–H groups in total. The molecule has 0 spiro atoms. The van der Waals surface area contributed by atoms with Gasteiger partial charge in [0.2, 0.25) is 0 Å². The van der Waals surface area contributed by atoms with E-state index in [2.05, 4.69) is 15.0 Å². The molecule has 1 aromatic carbocycles. The van der Waals surface area contributed by atoms with Crippen LogP contribution in [0.5, 0.6) is 0 Å². The van der Waals surface area contributed by atoms with Gasteiger partial charge in [0.15, 0.2) is 11.2 Å². The van der Waals surface area contributed by atoms with Gasteiger partial charge in [0.25, 0.3) is 5.56 Å². The maximum absolute atomic E-state index is 11.8. The fraction of sp³-hybridized carbons (Fsp3) is 0.0833. The minimum absolute atomic E-state index is 0.280. The number of nitrogens with one attached hydrogen (secondary N) is 2. The molecule has 0 aliphatic rings. The summed E-state index contributed by atoms with van der Waals surface area (Å²) in [5.41, 5.74) is 0.589. The standard InChI is InChI=1S/C12H9ClN4O2/c13-8-3-1-7(2-4-8)5-17-6-14-10-9(17)11(18)16-12(19)15-10/h1-4,6H,5H2,(H2,15,16,18,19). The van der Waals surface area contributed by atoms with Gasteiger partial charge in [-0.15, -0.1) is 0 Å². The van der Waals surface area contributed by atoms with Crippen molar-refractivity contribution in [3.8, 4) is 0 Å². The van der Waals surface area contributed by atoms with E-state index in [4.69, 9.17) is 11.6 Å². The minimum Gasteiger partial charge on any atom is -0.320 e. The second-order valence-electron chi connectivity index (χ2n) is 4.10. The number of rotatable bonds is 2. The van der Waals surface area contributed by atoms with Crippen molar-refractivity contribution < 1.29 is 0 Å². The Kier molecular flexibility index (Phi) is 2.72. The van der Waals surface area contributed by atoms with Crippen molar-refractivity contribution in [2.24, 2.45) is 0 Å². The summed E-state index contributed by atoms with van der Waals surface area (Å²) >= 11 is 5.82. The Morgan fingerprint density at radius 3 is 2.63 bits per heavy atom. The smallest absolute Gasteiger partial charge is 0.320 e. The zero-order valence-corrected chi connectivity index (χ0v) is 10.4. The number of H-pyrrole nitrogens is 2. The van der Waals surface area contributed by atoms with Crippen LogP contribution in [-0.2, 0) is 6.54 Å². The topological polar surface area (TPSA) is 83.5 Å². The Labute approximate surface area is 111 Å². The van der Waals surface area contributed by atoms with Crippen molar-refractivity contribution >= 4 is 22.8 Å². The lowest BCUT2D eigenvalue weighted by molar-refractivity contribution is 0.818. The van der Waals surface area contributed by atoms with Gasteiger partial charge in [0.1, 0.15) is 0 Å². The third-order valence-corrected chi connectivity index (χ3v) is 3.03. The molecule has 7 heteroatoms. The van der Waals surface area contributed by atoms with Crippen LogP contribution in [0, 0.1) is 0 Å². The quantitative estimate of drug-likeness (QED) is 0.735. The predicted molar refractivity (Wildman–Crippen MR) is 71.5 cm³/mol. The highest BCUT2D eigenvalue weighted by Crippen LogP contribution is 2.12. The molecular weight excluding hydrogens is 268 g/mol. The fourth-order valence-electron chi connectivity index (χ4n) is 1.92. The molecule has 3 rings (SSSR count). The molecule has 0 aliphatic carbocycles. The number of aromatic nitrogens is 4. The number of hydrogen-bond donors (Lipinski definition) is 2. The highest BCUT2D eigenvalue weighted by atomic mass is 35.5. The van der Waals surface area contributed by atoms with Crippen LogP contribution in [0.2, 0.25) is 5.02 Å². The number of nitrogens with zero attached hydrogens (tertiary/aromatic N) is 2. The summed E-state index contributed by atoms with van der Waals surface area (Å²) in [4.78, 5) is 31.6. The van der Waals surface area contributed by atoms with Crippen molar-refractivity contribution in [2.75, 3.05) is 0 Å². The van der Waals surface area contributed by atoms with Crippen LogP contribution in [0.4, 0.5) is 0 Å². The third kappa shape index (κ3) is 2.17. The Bertz CT molecular complexity index is 845. The van der Waals surface area contributed by atoms with E-state index >= 15 is 0 Å². The van der Waals surface area contributed by atoms with Gasteiger partial charge in [0.05, 0.1) is 6.33 Å². The first-order chi connectivity index (χ1) is 9.13. The van der Waals surface area contributed by atoms with E-state index < -0.39 is 11.2 Å². The molecule has 0 amide bonds. The lowest BCUT2D eigenvalue weighted by atomic mass is 10.2. The molecule has 6 nitrogen and oxygen atoms in total. The third-order valence-electron chi connectivity index (χ3n) is 2.78. The number of imidazole rings is 1. The van der Waals surface area contributed by atoms with E-state index in [1.165, 1.54) is 6.33 Å². The lowest BCUT2D eigenvalue weighted by Crippen LogP contribution is -2.23. The number of benzene rings is 1. The predicted octanol–water partition coefficient (Wildman–Crippen LogP) is 1.11. The van der Waals surface area contributed by atoms with Crippen LogP contribution < -0.4 is 11.2 Å². The van der Waals surface area contributed by atoms with Crippen LogP contribution in [0.3, 0.4) is 0 Å². The molecule has 0 fully saturated rings. The van der Waals surface area contributed by atoms with Crippen LogP contribution in [0.1, 0.15) is 5.56 Å². The zero-order valence-electron chi connectivity index (χ0n) is 9.68. The second kappa shape index (κ2) is 4.40. The molecule has 19 heavy (non-hydrogen) atoms. The summed E-state index contributed by atoms with van der Waals surface area (Å²) in [7, 11) is 0. The summed E-state index contributed by atoms with van der Waals surface area (Å²) in [6.45, 7) is 0.475. The number of fused-ring (bicyclic) bond motifs is 1. The van der Waals surface area contributed by atoms with Crippen LogP contribution in [0.25, 0.3) is 11.2 Å². The lowest BCUT2D eigenvalue weighted by Gasteiger charge is -2.03. The van der Waals surface area contributed by atoms with Crippen molar-refractivity contribution in [1.82, 2.24) is 19.5 Å². The molecule has 2 aromatic heterocycles. The van der Waals surface area contributed by atoms with E-state index in [0.29, 0.717) is 17.1 Å². The Morgan fingerprint density at radius 2 is 1.89 bits per heavy atom. The summed E-state index contributed by atoms with van der Waals surface area (Å²) in [5.74, 6) is 0. The van der Waals surface area contributed by atoms with E-state index in [9.17, 15) is 9.59 Å². The maximum Gasteiger partial charge on any atom is 0.327 e. The van der Waals surface area contributed by atoms with Gasteiger partial charge < -0.3 is 4.57 Å². The van der Waals surface area contributed by atoms with E-state index in [1.807, 2.05) is 12.1 Å². The number of halogens is 1. The van der Waals surface area contributed by atoms with Crippen molar-refractivity contribution in [1.29, 1.82) is 0 Å². The first kappa shape index (κ1) is 11.7. The Balaban J connectivity index is 2.09. The highest BCUT2D eigenvalue weighted by molar-refractivity contribution is 6.30. The van der Waals surface area contributed by atoms with Crippen LogP contribution in [0.15, 0.2) is 40.2 Å². The molecule has 2 heterocycles. The molecule has 0 radical (unpaired) electrons. The Hall–Kier alpha value is -2.34. The summed E-state index contributed by atoms with van der Waals surface area (Å²) in [6.07, 6.45) is 1.52. The average Bonchev–Trinajstić information content (AvgIpc) is 2.75. The molecule has 96 valence electrons. The van der Waals surface area contributed by atoms with E-state index in [1.54, 1.807) is 16.7 Å². The van der Waals surface area contributed by atoms with Gasteiger partial charge >= 0.3 is 5.69 Å². The van der Waals surface area contributed by atoms with E-state index in [-0.39, 0.29) is 5.65 Å². The summed E-state index contributed by atoms with van der Waals surface area (Å²) in [6, 6.07) is 7.30. The normalized spacial score (nSPS) is 11.0. The highest BCUT2D eigenvalue weighted by Gasteiger charge is 2.08. The molecule has 0 bridgehead atoms. The molecule has 0 saturated heterocycles. The molecule has 0 aliphatic heterocycles. The second-order valence-corrected chi connectivity index (χ2v) is 4.54. The first-order valence-corrected chi connectivity index (χ1v) is 5.93. The molecule has 3 aromatic rings. The number of aromatic amines is 2. The summed E-state index contributed by atoms with van der Waals surface area (Å²) in [5, 5.41) is 0.654. The van der Waals surface area contributed by atoms with Crippen LogP contribution in [-0.4, -0.2) is 19.5 Å². The molecule has 0 saturated carbocycles. The summed E-state index contributed by atoms with van der Waals surface area (Å²) < 4.78 is 1.67. The van der Waals surface area contributed by atoms with E-state index in [0.717, 1.165) is 5.56 Å². The maximum atomic E-state index is 11.8. The first-order valence-electron chi connectivity index (χ1n) is 5.55. The zero-order chi connectivity index (χ0) is 13.4. The average molecular weight is 277 g/mol. The number of hydrogen-bond acceptors (Lipinski definition) is 3. The van der Waals surface area contributed by atoms with Gasteiger partial charge in [0, 0.05) is 11.6 Å². The van der Waals surface area contributed by atoms with Gasteiger partial charge in [-0.25, -0.2) is 9.78 Å². The SMILES string of the molecule is O=c1[nH]c(=O)c2c(ncn2Cc2ccc(Cl)cc2)[nH]1. The Morgan fingerprint density at radius 1 is 1.16 bits per heavy atom. The van der Waals surface area contributed by atoms with Gasteiger partial charge in [-0.3, -0.25) is 14.8 Å². The molecule has 0 unspecified atom stereocenters. The molecular formula is C12H9ClN4O2. The van der Waals surface area contributed by atoms with Gasteiger partial charge in [-0.1, -0.05) is 23.7 Å². The van der Waals surface area contributed by atoms with Gasteiger partial charge in [-0.2, -0.15) is 0 Å². The monoisotopic (exact) mass is 276 g/mol. The van der Waals surface area contributed by atoms with Gasteiger partial charge in [-0.05, 0) is 17.7 Å².